The molecule has 2 aromatic carbocycles. The number of rotatable bonds is 4. The van der Waals surface area contributed by atoms with E-state index in [9.17, 15) is 14.7 Å². The van der Waals surface area contributed by atoms with Gasteiger partial charge < -0.3 is 14.6 Å². The number of hydrogen-bond donors (Lipinski definition) is 1. The summed E-state index contributed by atoms with van der Waals surface area (Å²) >= 11 is 0. The summed E-state index contributed by atoms with van der Waals surface area (Å²) in [6.07, 6.45) is 1.29. The van der Waals surface area contributed by atoms with Crippen molar-refractivity contribution < 1.29 is 24.2 Å². The monoisotopic (exact) mass is 338 g/mol. The van der Waals surface area contributed by atoms with Crippen molar-refractivity contribution >= 4 is 17.1 Å². The maximum atomic E-state index is 13.0. The first-order valence-electron chi connectivity index (χ1n) is 7.78. The van der Waals surface area contributed by atoms with Gasteiger partial charge in [0, 0.05) is 16.7 Å². The lowest BCUT2D eigenvalue weighted by atomic mass is 9.83. The van der Waals surface area contributed by atoms with Crippen LogP contribution in [0.25, 0.3) is 5.57 Å². The Bertz CT molecular complexity index is 883. The summed E-state index contributed by atoms with van der Waals surface area (Å²) in [5, 5.41) is 9.72. The maximum Gasteiger partial charge on any atom is 0.194 e. The minimum Gasteiger partial charge on any atom is -0.496 e. The van der Waals surface area contributed by atoms with Crippen LogP contribution in [0.15, 0.2) is 36.4 Å². The quantitative estimate of drug-likeness (QED) is 0.928. The molecule has 1 N–H and O–H groups in total. The molecule has 1 aliphatic carbocycles. The molecule has 0 aromatic heterocycles. The molecule has 0 atom stereocenters. The summed E-state index contributed by atoms with van der Waals surface area (Å²) in [4.78, 5) is 25.7. The van der Waals surface area contributed by atoms with Gasteiger partial charge in [-0.15, -0.1) is 0 Å². The van der Waals surface area contributed by atoms with Crippen LogP contribution in [0.2, 0.25) is 0 Å². The van der Waals surface area contributed by atoms with Crippen LogP contribution in [0.5, 0.6) is 11.5 Å². The number of carbonyl (C=O) groups is 2. The second-order valence-electron chi connectivity index (χ2n) is 5.79. The van der Waals surface area contributed by atoms with Gasteiger partial charge in [0.05, 0.1) is 26.4 Å². The van der Waals surface area contributed by atoms with Gasteiger partial charge in [-0.05, 0) is 36.3 Å². The van der Waals surface area contributed by atoms with E-state index in [0.717, 1.165) is 5.56 Å². The van der Waals surface area contributed by atoms with Crippen LogP contribution in [-0.2, 0) is 6.61 Å². The van der Waals surface area contributed by atoms with E-state index in [1.807, 2.05) is 6.92 Å². The molecule has 3 rings (SSSR count). The van der Waals surface area contributed by atoms with Gasteiger partial charge in [-0.1, -0.05) is 18.2 Å². The molecule has 0 saturated heterocycles. The van der Waals surface area contributed by atoms with Crippen LogP contribution in [0, 0.1) is 6.92 Å². The molecule has 0 saturated carbocycles. The highest BCUT2D eigenvalue weighted by Gasteiger charge is 2.31. The van der Waals surface area contributed by atoms with Gasteiger partial charge in [0.2, 0.25) is 0 Å². The van der Waals surface area contributed by atoms with Crippen molar-refractivity contribution in [2.45, 2.75) is 13.5 Å². The van der Waals surface area contributed by atoms with Gasteiger partial charge in [0.1, 0.15) is 11.5 Å². The number of allylic oxidation sites excluding steroid dienone is 2. The fraction of sp³-hybridized carbons (Fsp3) is 0.200. The van der Waals surface area contributed by atoms with Gasteiger partial charge >= 0.3 is 0 Å². The predicted molar refractivity (Wildman–Crippen MR) is 93.3 cm³/mol. The standard InChI is InChI=1S/C20H18O5/c1-11-7-12(10-21)18(17(8-11)25-3)14-9-15(22)19-13(20(14)23)5-4-6-16(19)24-2/h4-9,21H,10H2,1-3H3. The van der Waals surface area contributed by atoms with Gasteiger partial charge in [-0.3, -0.25) is 9.59 Å². The Balaban J connectivity index is 2.25. The highest BCUT2D eigenvalue weighted by atomic mass is 16.5. The molecule has 128 valence electrons. The topological polar surface area (TPSA) is 72.8 Å². The number of aliphatic hydroxyl groups is 1. The number of ether oxygens (including phenoxy) is 2. The predicted octanol–water partition coefficient (Wildman–Crippen LogP) is 2.97. The molecule has 5 nitrogen and oxygen atoms in total. The zero-order valence-corrected chi connectivity index (χ0v) is 14.3. The molecule has 0 amide bonds. The van der Waals surface area contributed by atoms with E-state index in [4.69, 9.17) is 9.47 Å². The van der Waals surface area contributed by atoms with Crippen LogP contribution in [0.3, 0.4) is 0 Å². The average molecular weight is 338 g/mol. The third kappa shape index (κ3) is 2.72. The van der Waals surface area contributed by atoms with Gasteiger partial charge in [0.15, 0.2) is 11.6 Å². The third-order valence-corrected chi connectivity index (χ3v) is 4.24. The minimum atomic E-state index is -0.312. The Kier molecular flexibility index (Phi) is 4.42. The second-order valence-corrected chi connectivity index (χ2v) is 5.79. The molecule has 0 unspecified atom stereocenters. The summed E-state index contributed by atoms with van der Waals surface area (Å²) in [5.41, 5.74) is 2.63. The number of aryl methyl sites for hydroxylation is 1. The highest BCUT2D eigenvalue weighted by Crippen LogP contribution is 2.38. The highest BCUT2D eigenvalue weighted by molar-refractivity contribution is 6.39. The van der Waals surface area contributed by atoms with Gasteiger partial charge in [-0.25, -0.2) is 0 Å². The Hall–Kier alpha value is -2.92. The number of aliphatic hydroxyl groups excluding tert-OH is 1. The summed E-state index contributed by atoms with van der Waals surface area (Å²) in [5.74, 6) is 0.200. The Morgan fingerprint density at radius 1 is 1.00 bits per heavy atom. The van der Waals surface area contributed by atoms with Gasteiger partial charge in [-0.2, -0.15) is 0 Å². The van der Waals surface area contributed by atoms with Crippen molar-refractivity contribution in [3.8, 4) is 11.5 Å². The fourth-order valence-corrected chi connectivity index (χ4v) is 3.16. The molecule has 0 heterocycles. The Labute approximate surface area is 145 Å². The first-order valence-corrected chi connectivity index (χ1v) is 7.78. The second kappa shape index (κ2) is 6.53. The van der Waals surface area contributed by atoms with Crippen LogP contribution in [-0.4, -0.2) is 30.9 Å². The zero-order valence-electron chi connectivity index (χ0n) is 14.3. The summed E-state index contributed by atoms with van der Waals surface area (Å²) in [6.45, 7) is 1.60. The summed E-state index contributed by atoms with van der Waals surface area (Å²) < 4.78 is 10.6. The Morgan fingerprint density at radius 2 is 1.72 bits per heavy atom. The van der Waals surface area contributed by atoms with E-state index < -0.39 is 0 Å². The molecule has 0 fully saturated rings. The number of ketones is 2. The smallest absolute Gasteiger partial charge is 0.194 e. The fourth-order valence-electron chi connectivity index (χ4n) is 3.16. The molecule has 25 heavy (non-hydrogen) atoms. The molecule has 0 aliphatic heterocycles. The molecular weight excluding hydrogens is 320 g/mol. The van der Waals surface area contributed by atoms with E-state index >= 15 is 0 Å². The number of carbonyl (C=O) groups excluding carboxylic acids is 2. The van der Waals surface area contributed by atoms with Crippen LogP contribution in [0.4, 0.5) is 0 Å². The first-order chi connectivity index (χ1) is 12.0. The zero-order chi connectivity index (χ0) is 18.1. The number of hydrogen-bond acceptors (Lipinski definition) is 5. The lowest BCUT2D eigenvalue weighted by molar-refractivity contribution is 0.0998. The Morgan fingerprint density at radius 3 is 2.36 bits per heavy atom. The molecule has 0 spiro atoms. The third-order valence-electron chi connectivity index (χ3n) is 4.24. The lowest BCUT2D eigenvalue weighted by Crippen LogP contribution is -2.18. The van der Waals surface area contributed by atoms with Crippen molar-refractivity contribution in [3.05, 3.63) is 64.2 Å². The summed E-state index contributed by atoms with van der Waals surface area (Å²) in [7, 11) is 2.95. The average Bonchev–Trinajstić information content (AvgIpc) is 2.63. The van der Waals surface area contributed by atoms with E-state index in [0.29, 0.717) is 22.6 Å². The minimum absolute atomic E-state index is 0.214. The SMILES string of the molecule is COc1cc(C)cc(CO)c1C1=CC(=O)c2c(OC)cccc2C1=O. The van der Waals surface area contributed by atoms with Crippen LogP contribution in [0.1, 0.15) is 37.4 Å². The van der Waals surface area contributed by atoms with Crippen molar-refractivity contribution in [1.82, 2.24) is 0 Å². The van der Waals surface area contributed by atoms with Crippen molar-refractivity contribution in [3.63, 3.8) is 0 Å². The largest absolute Gasteiger partial charge is 0.496 e. The molecular formula is C20H18O5. The van der Waals surface area contributed by atoms with Crippen molar-refractivity contribution in [1.29, 1.82) is 0 Å². The van der Waals surface area contributed by atoms with Gasteiger partial charge in [0.25, 0.3) is 0 Å². The normalized spacial score (nSPS) is 13.4. The van der Waals surface area contributed by atoms with E-state index in [1.54, 1.807) is 30.3 Å². The van der Waals surface area contributed by atoms with E-state index in [1.165, 1.54) is 20.3 Å². The molecule has 2 aromatic rings. The first kappa shape index (κ1) is 16.9. The van der Waals surface area contributed by atoms with E-state index in [-0.39, 0.29) is 34.9 Å². The van der Waals surface area contributed by atoms with E-state index in [2.05, 4.69) is 0 Å². The van der Waals surface area contributed by atoms with Crippen LogP contribution >= 0.6 is 0 Å². The maximum absolute atomic E-state index is 13.0. The van der Waals surface area contributed by atoms with Crippen LogP contribution < -0.4 is 9.47 Å². The number of methoxy groups -OCH3 is 2. The molecule has 0 bridgehead atoms. The molecule has 0 radical (unpaired) electrons. The number of benzene rings is 2. The number of fused-ring (bicyclic) bond motifs is 1. The summed E-state index contributed by atoms with van der Waals surface area (Å²) in [6, 6.07) is 8.47. The molecule has 5 heteroatoms. The van der Waals surface area contributed by atoms with Crippen molar-refractivity contribution in [2.75, 3.05) is 14.2 Å². The lowest BCUT2D eigenvalue weighted by Gasteiger charge is -2.21. The number of Topliss-reactive ketones (excluding diaryl/α,β-unsaturated/α-hetero) is 1. The molecule has 1 aliphatic rings. The van der Waals surface area contributed by atoms with Crippen molar-refractivity contribution in [2.24, 2.45) is 0 Å².